The monoisotopic (exact) mass is 294 g/mol. The van der Waals surface area contributed by atoms with Gasteiger partial charge in [0.1, 0.15) is 4.99 Å². The van der Waals surface area contributed by atoms with Gasteiger partial charge in [-0.2, -0.15) is 0 Å². The van der Waals surface area contributed by atoms with Gasteiger partial charge in [-0.05, 0) is 24.2 Å². The molecule has 94 valence electrons. The molecule has 1 saturated heterocycles. The molecule has 0 saturated carbocycles. The Hall–Kier alpha value is -0.910. The van der Waals surface area contributed by atoms with Crippen LogP contribution >= 0.6 is 36.7 Å². The molecule has 2 nitrogen and oxygen atoms in total. The molecule has 1 aromatic rings. The van der Waals surface area contributed by atoms with E-state index in [2.05, 4.69) is 24.4 Å². The summed E-state index contributed by atoms with van der Waals surface area (Å²) in [7, 11) is 1.88. The van der Waals surface area contributed by atoms with Crippen LogP contribution in [0.1, 0.15) is 18.9 Å². The highest BCUT2D eigenvalue weighted by Crippen LogP contribution is 2.34. The van der Waals surface area contributed by atoms with E-state index < -0.39 is 5.41 Å². The molecule has 2 rings (SSSR count). The van der Waals surface area contributed by atoms with Crippen molar-refractivity contribution in [3.8, 4) is 0 Å². The van der Waals surface area contributed by atoms with Gasteiger partial charge >= 0.3 is 0 Å². The maximum atomic E-state index is 5.61. The van der Waals surface area contributed by atoms with E-state index in [1.165, 1.54) is 0 Å². The van der Waals surface area contributed by atoms with Crippen molar-refractivity contribution in [3.63, 3.8) is 0 Å². The van der Waals surface area contributed by atoms with E-state index in [-0.39, 0.29) is 0 Å². The Morgan fingerprint density at radius 2 is 1.78 bits per heavy atom. The number of nitrogens with one attached hydrogen (secondary N) is 1. The number of likely N-dealkylation sites (N-methyl/N-ethyl adjacent to an activating group) is 1. The molecule has 1 aliphatic rings. The number of nitrogens with zero attached hydrogens (tertiary/aromatic N) is 1. The molecule has 1 heterocycles. The molecule has 0 radical (unpaired) electrons. The van der Waals surface area contributed by atoms with Crippen LogP contribution in [-0.4, -0.2) is 27.0 Å². The molecule has 1 atom stereocenters. The summed E-state index contributed by atoms with van der Waals surface area (Å²) in [4.78, 5) is 3.30. The first-order valence-electron chi connectivity index (χ1n) is 5.73. The van der Waals surface area contributed by atoms with E-state index in [1.807, 2.05) is 30.1 Å². The molecule has 0 aromatic heterocycles. The lowest BCUT2D eigenvalue weighted by molar-refractivity contribution is 0.608. The zero-order valence-corrected chi connectivity index (χ0v) is 12.7. The summed E-state index contributed by atoms with van der Waals surface area (Å²) in [6.45, 7) is 2.09. The Bertz CT molecular complexity index is 512. The van der Waals surface area contributed by atoms with Gasteiger partial charge < -0.3 is 10.2 Å². The van der Waals surface area contributed by atoms with Gasteiger partial charge in [-0.3, -0.25) is 0 Å². The number of thiocarbonyl (C=S) groups is 3. The van der Waals surface area contributed by atoms with Crippen LogP contribution in [0.5, 0.6) is 0 Å². The van der Waals surface area contributed by atoms with Crippen LogP contribution in [0, 0.1) is 0 Å². The molecule has 1 fully saturated rings. The van der Waals surface area contributed by atoms with E-state index in [0.29, 0.717) is 10.1 Å². The van der Waals surface area contributed by atoms with Crippen LogP contribution in [0.2, 0.25) is 0 Å². The molecule has 18 heavy (non-hydrogen) atoms. The highest BCUT2D eigenvalue weighted by Gasteiger charge is 2.45. The minimum absolute atomic E-state index is 0.428. The average Bonchev–Trinajstić information content (AvgIpc) is 2.39. The molecule has 0 spiro atoms. The van der Waals surface area contributed by atoms with Gasteiger partial charge in [0, 0.05) is 7.05 Å². The standard InChI is InChI=1S/C13H14N2S3/c1-3-13(9-7-5-4-6-8-9)10(16)14-12(18)15(2)11(13)17/h4-8H,3H2,1-2H3,(H,14,16,18)/t13-/m0/s1. The second kappa shape index (κ2) is 4.99. The van der Waals surface area contributed by atoms with Crippen molar-refractivity contribution in [2.24, 2.45) is 0 Å². The van der Waals surface area contributed by atoms with Gasteiger partial charge in [0.25, 0.3) is 0 Å². The van der Waals surface area contributed by atoms with Crippen molar-refractivity contribution in [1.82, 2.24) is 10.2 Å². The van der Waals surface area contributed by atoms with Crippen LogP contribution in [0.25, 0.3) is 0 Å². The Morgan fingerprint density at radius 3 is 2.33 bits per heavy atom. The molecule has 1 aromatic carbocycles. The molecule has 0 amide bonds. The van der Waals surface area contributed by atoms with E-state index in [4.69, 9.17) is 36.7 Å². The Morgan fingerprint density at radius 1 is 1.17 bits per heavy atom. The van der Waals surface area contributed by atoms with E-state index in [0.717, 1.165) is 17.0 Å². The maximum Gasteiger partial charge on any atom is 0.178 e. The fourth-order valence-corrected chi connectivity index (χ4v) is 3.55. The van der Waals surface area contributed by atoms with Gasteiger partial charge in [0.15, 0.2) is 5.11 Å². The van der Waals surface area contributed by atoms with Gasteiger partial charge in [-0.25, -0.2) is 0 Å². The minimum atomic E-state index is -0.428. The van der Waals surface area contributed by atoms with Crippen LogP contribution < -0.4 is 5.32 Å². The highest BCUT2D eigenvalue weighted by molar-refractivity contribution is 7.84. The van der Waals surface area contributed by atoms with Crippen LogP contribution in [0.4, 0.5) is 0 Å². The molecule has 0 aliphatic carbocycles. The third-order valence-electron chi connectivity index (χ3n) is 3.38. The van der Waals surface area contributed by atoms with E-state index in [1.54, 1.807) is 0 Å². The molecule has 1 aliphatic heterocycles. The van der Waals surface area contributed by atoms with Gasteiger partial charge in [-0.15, -0.1) is 0 Å². The van der Waals surface area contributed by atoms with Gasteiger partial charge in [0.05, 0.1) is 10.4 Å². The largest absolute Gasteiger partial charge is 0.326 e. The summed E-state index contributed by atoms with van der Waals surface area (Å²) in [5, 5.41) is 3.68. The maximum absolute atomic E-state index is 5.61. The third-order valence-corrected chi connectivity index (χ3v) is 4.83. The van der Waals surface area contributed by atoms with Crippen LogP contribution in [-0.2, 0) is 5.41 Å². The Kier molecular flexibility index (Phi) is 3.75. The van der Waals surface area contributed by atoms with Crippen molar-refractivity contribution in [3.05, 3.63) is 35.9 Å². The highest BCUT2D eigenvalue weighted by atomic mass is 32.1. The summed E-state index contributed by atoms with van der Waals surface area (Å²) in [6, 6.07) is 10.1. The lowest BCUT2D eigenvalue weighted by Gasteiger charge is -2.43. The lowest BCUT2D eigenvalue weighted by atomic mass is 9.76. The molecule has 0 unspecified atom stereocenters. The molecule has 1 N–H and O–H groups in total. The first-order valence-corrected chi connectivity index (χ1v) is 6.95. The number of hydrogen-bond donors (Lipinski definition) is 1. The number of hydrogen-bond acceptors (Lipinski definition) is 3. The fraction of sp³-hybridized carbons (Fsp3) is 0.308. The van der Waals surface area contributed by atoms with Crippen molar-refractivity contribution < 1.29 is 0 Å². The summed E-state index contributed by atoms with van der Waals surface area (Å²) in [6.07, 6.45) is 0.814. The van der Waals surface area contributed by atoms with Gasteiger partial charge in [-0.1, -0.05) is 61.7 Å². The minimum Gasteiger partial charge on any atom is -0.326 e. The van der Waals surface area contributed by atoms with E-state index in [9.17, 15) is 0 Å². The first kappa shape index (κ1) is 13.5. The van der Waals surface area contributed by atoms with Crippen molar-refractivity contribution in [2.45, 2.75) is 18.8 Å². The van der Waals surface area contributed by atoms with Crippen molar-refractivity contribution >= 4 is 51.7 Å². The number of rotatable bonds is 2. The SMILES string of the molecule is CC[C@]1(c2ccccc2)C(=S)NC(=S)N(C)C1=S. The topological polar surface area (TPSA) is 15.3 Å². The Balaban J connectivity index is 2.58. The second-order valence-electron chi connectivity index (χ2n) is 4.25. The van der Waals surface area contributed by atoms with Crippen molar-refractivity contribution in [1.29, 1.82) is 0 Å². The van der Waals surface area contributed by atoms with Crippen molar-refractivity contribution in [2.75, 3.05) is 7.05 Å². The average molecular weight is 294 g/mol. The summed E-state index contributed by atoms with van der Waals surface area (Å²) < 4.78 is 0. The zero-order valence-electron chi connectivity index (χ0n) is 10.3. The molecular weight excluding hydrogens is 280 g/mol. The smallest absolute Gasteiger partial charge is 0.178 e. The van der Waals surface area contributed by atoms with Crippen LogP contribution in [0.3, 0.4) is 0 Å². The molecule has 0 bridgehead atoms. The zero-order chi connectivity index (χ0) is 13.3. The second-order valence-corrected chi connectivity index (χ2v) is 5.43. The quantitative estimate of drug-likeness (QED) is 0.841. The summed E-state index contributed by atoms with van der Waals surface area (Å²) in [5.74, 6) is 0. The lowest BCUT2D eigenvalue weighted by Crippen LogP contribution is -2.63. The number of benzene rings is 1. The predicted octanol–water partition coefficient (Wildman–Crippen LogP) is 2.81. The van der Waals surface area contributed by atoms with E-state index >= 15 is 0 Å². The molecule has 5 heteroatoms. The van der Waals surface area contributed by atoms with Crippen LogP contribution in [0.15, 0.2) is 30.3 Å². The fourth-order valence-electron chi connectivity index (χ4n) is 2.26. The first-order chi connectivity index (χ1) is 8.54. The van der Waals surface area contributed by atoms with Gasteiger partial charge in [0.2, 0.25) is 0 Å². The molecular formula is C13H14N2S3. The Labute approximate surface area is 123 Å². The normalized spacial score (nSPS) is 24.1. The predicted molar refractivity (Wildman–Crippen MR) is 87.1 cm³/mol. The summed E-state index contributed by atoms with van der Waals surface area (Å²) >= 11 is 16.3. The summed E-state index contributed by atoms with van der Waals surface area (Å²) in [5.41, 5.74) is 0.688. The third kappa shape index (κ3) is 1.86.